The second-order valence-corrected chi connectivity index (χ2v) is 6.58. The van der Waals surface area contributed by atoms with Gasteiger partial charge in [-0.15, -0.1) is 10.2 Å². The molecule has 0 aromatic carbocycles. The summed E-state index contributed by atoms with van der Waals surface area (Å²) in [6.45, 7) is 1.47. The van der Waals surface area contributed by atoms with Crippen LogP contribution in [0.25, 0.3) is 0 Å². The fraction of sp³-hybridized carbons (Fsp3) is 0.667. The number of amides is 3. The smallest absolute Gasteiger partial charge is 0.329 e. The van der Waals surface area contributed by atoms with Gasteiger partial charge in [0.15, 0.2) is 6.04 Å². The number of hydrogen-bond donors (Lipinski definition) is 6. The number of nitrogens with two attached hydrogens (primary N) is 2. The molecule has 0 radical (unpaired) electrons. The Morgan fingerprint density at radius 2 is 2.00 bits per heavy atom. The summed E-state index contributed by atoms with van der Waals surface area (Å²) >= 11 is 0. The first kappa shape index (κ1) is 21.5. The first-order valence-corrected chi connectivity index (χ1v) is 8.65. The van der Waals surface area contributed by atoms with E-state index in [9.17, 15) is 29.7 Å². The van der Waals surface area contributed by atoms with Gasteiger partial charge in [-0.25, -0.2) is 9.59 Å². The number of aliphatic hydroxyl groups excluding tert-OH is 2. The topological polar surface area (TPSA) is 218 Å². The molecular formula is C15H24N6O7. The van der Waals surface area contributed by atoms with Gasteiger partial charge in [-0.05, 0) is 19.8 Å². The second-order valence-electron chi connectivity index (χ2n) is 6.58. The number of carbonyl (C=O) groups is 3. The Kier molecular flexibility index (Phi) is 6.88. The fourth-order valence-corrected chi connectivity index (χ4v) is 2.81. The monoisotopic (exact) mass is 400 g/mol. The highest BCUT2D eigenvalue weighted by atomic mass is 16.4. The number of hydrogen-bond acceptors (Lipinski definition) is 9. The Labute approximate surface area is 159 Å². The number of primary amides is 1. The van der Waals surface area contributed by atoms with Crippen LogP contribution in [0.2, 0.25) is 0 Å². The minimum Gasteiger partial charge on any atom is -0.480 e. The maximum atomic E-state index is 12.6. The molecular weight excluding hydrogens is 376 g/mol. The molecule has 1 aliphatic heterocycles. The summed E-state index contributed by atoms with van der Waals surface area (Å²) in [6.07, 6.45) is -2.14. The Morgan fingerprint density at radius 1 is 1.36 bits per heavy atom. The predicted molar refractivity (Wildman–Crippen MR) is 91.4 cm³/mol. The van der Waals surface area contributed by atoms with Gasteiger partial charge in [0, 0.05) is 13.0 Å². The Morgan fingerprint density at radius 3 is 2.57 bits per heavy atom. The third kappa shape index (κ3) is 4.94. The zero-order chi connectivity index (χ0) is 21.0. The molecule has 13 nitrogen and oxygen atoms in total. The highest BCUT2D eigenvalue weighted by Gasteiger charge is 2.42. The summed E-state index contributed by atoms with van der Waals surface area (Å²) in [5, 5.41) is 38.6. The average Bonchev–Trinajstić information content (AvgIpc) is 3.24. The van der Waals surface area contributed by atoms with Gasteiger partial charge in [0.05, 0.1) is 12.2 Å². The van der Waals surface area contributed by atoms with Gasteiger partial charge in [-0.1, -0.05) is 0 Å². The molecule has 0 aliphatic carbocycles. The van der Waals surface area contributed by atoms with Crippen molar-refractivity contribution in [3.8, 4) is 0 Å². The molecule has 8 N–H and O–H groups in total. The summed E-state index contributed by atoms with van der Waals surface area (Å²) in [4.78, 5) is 36.0. The lowest BCUT2D eigenvalue weighted by Crippen LogP contribution is -2.50. The van der Waals surface area contributed by atoms with E-state index in [-0.39, 0.29) is 37.6 Å². The van der Waals surface area contributed by atoms with E-state index >= 15 is 0 Å². The average molecular weight is 400 g/mol. The minimum absolute atomic E-state index is 0.0146. The van der Waals surface area contributed by atoms with Crippen molar-refractivity contribution in [2.24, 2.45) is 11.5 Å². The number of likely N-dealkylation sites (tertiary alicyclic amines) is 1. The van der Waals surface area contributed by atoms with Crippen LogP contribution in [0.4, 0.5) is 4.79 Å². The SMILES string of the molecule is CC(O)C(N)c1nnc(C(CCC(N)=O)NC(=O)N2CC[C@H](O)[C@H]2C(=O)O)o1. The maximum Gasteiger partial charge on any atom is 0.329 e. The lowest BCUT2D eigenvalue weighted by atomic mass is 10.1. The van der Waals surface area contributed by atoms with Crippen molar-refractivity contribution in [2.75, 3.05) is 6.54 Å². The molecule has 0 spiro atoms. The van der Waals surface area contributed by atoms with Crippen molar-refractivity contribution in [3.05, 3.63) is 11.8 Å². The molecule has 13 heteroatoms. The molecule has 3 unspecified atom stereocenters. The van der Waals surface area contributed by atoms with E-state index in [2.05, 4.69) is 15.5 Å². The molecule has 1 aliphatic rings. The van der Waals surface area contributed by atoms with Gasteiger partial charge in [0.25, 0.3) is 0 Å². The van der Waals surface area contributed by atoms with Crippen LogP contribution < -0.4 is 16.8 Å². The number of aliphatic hydroxyl groups is 2. The summed E-state index contributed by atoms with van der Waals surface area (Å²) in [6, 6.07) is -4.06. The van der Waals surface area contributed by atoms with Crippen LogP contribution in [0.15, 0.2) is 4.42 Å². The number of carboxylic acids is 1. The Hall–Kier alpha value is -2.77. The zero-order valence-corrected chi connectivity index (χ0v) is 15.2. The predicted octanol–water partition coefficient (Wildman–Crippen LogP) is -2.01. The Bertz CT molecular complexity index is 723. The van der Waals surface area contributed by atoms with Crippen molar-refractivity contribution in [1.29, 1.82) is 0 Å². The number of carboxylic acid groups (broad SMARTS) is 1. The third-order valence-electron chi connectivity index (χ3n) is 4.42. The van der Waals surface area contributed by atoms with Crippen molar-refractivity contribution in [2.45, 2.75) is 56.5 Å². The second kappa shape index (κ2) is 8.95. The van der Waals surface area contributed by atoms with Gasteiger partial charge < -0.3 is 41.4 Å². The standard InChI is InChI=1S/C15H24N6O7/c1-6(22)10(17)13-20-19-12(28-13)7(2-3-9(16)24)18-15(27)21-5-4-8(23)11(21)14(25)26/h6-8,10-11,22-23H,2-5,17H2,1H3,(H2,16,24)(H,18,27)(H,25,26)/t6?,7?,8-,10?,11-/m0/s1. The number of urea groups is 1. The molecule has 28 heavy (non-hydrogen) atoms. The highest BCUT2D eigenvalue weighted by molar-refractivity contribution is 5.84. The van der Waals surface area contributed by atoms with Gasteiger partial charge in [0.2, 0.25) is 17.7 Å². The number of nitrogens with zero attached hydrogens (tertiary/aromatic N) is 3. The number of nitrogens with one attached hydrogen (secondary N) is 1. The molecule has 1 aromatic heterocycles. The number of carbonyl (C=O) groups excluding carboxylic acids is 2. The largest absolute Gasteiger partial charge is 0.480 e. The molecule has 3 amide bonds. The lowest BCUT2D eigenvalue weighted by molar-refractivity contribution is -0.143. The van der Waals surface area contributed by atoms with Crippen molar-refractivity contribution in [3.63, 3.8) is 0 Å². The quantitative estimate of drug-likeness (QED) is 0.281. The normalized spacial score (nSPS) is 22.5. The van der Waals surface area contributed by atoms with Crippen molar-refractivity contribution < 1.29 is 34.1 Å². The number of rotatable bonds is 8. The van der Waals surface area contributed by atoms with Crippen LogP contribution in [0, 0.1) is 0 Å². The maximum absolute atomic E-state index is 12.6. The molecule has 0 saturated carbocycles. The first-order valence-electron chi connectivity index (χ1n) is 8.65. The first-order chi connectivity index (χ1) is 13.1. The van der Waals surface area contributed by atoms with E-state index in [0.717, 1.165) is 4.90 Å². The highest BCUT2D eigenvalue weighted by Crippen LogP contribution is 2.23. The fourth-order valence-electron chi connectivity index (χ4n) is 2.81. The molecule has 156 valence electrons. The van der Waals surface area contributed by atoms with Crippen molar-refractivity contribution >= 4 is 17.9 Å². The van der Waals surface area contributed by atoms with Crippen LogP contribution in [0.3, 0.4) is 0 Å². The van der Waals surface area contributed by atoms with Crippen LogP contribution in [-0.2, 0) is 9.59 Å². The van der Waals surface area contributed by atoms with Crippen LogP contribution in [0.5, 0.6) is 0 Å². The van der Waals surface area contributed by atoms with E-state index in [0.29, 0.717) is 0 Å². The molecule has 1 aromatic rings. The van der Waals surface area contributed by atoms with Crippen LogP contribution in [-0.4, -0.2) is 73.1 Å². The molecule has 1 fully saturated rings. The number of aliphatic carboxylic acids is 1. The van der Waals surface area contributed by atoms with Crippen LogP contribution >= 0.6 is 0 Å². The van der Waals surface area contributed by atoms with Crippen LogP contribution in [0.1, 0.15) is 50.1 Å². The van der Waals surface area contributed by atoms with Gasteiger partial charge in [-0.3, -0.25) is 4.79 Å². The Balaban J connectivity index is 2.18. The molecule has 2 rings (SSSR count). The molecule has 1 saturated heterocycles. The molecule has 5 atom stereocenters. The minimum atomic E-state index is -1.39. The summed E-state index contributed by atoms with van der Waals surface area (Å²) < 4.78 is 5.40. The van der Waals surface area contributed by atoms with E-state index in [4.69, 9.17) is 15.9 Å². The van der Waals surface area contributed by atoms with Gasteiger partial charge in [0.1, 0.15) is 12.1 Å². The van der Waals surface area contributed by atoms with E-state index in [1.165, 1.54) is 6.92 Å². The zero-order valence-electron chi connectivity index (χ0n) is 15.2. The van der Waals surface area contributed by atoms with E-state index < -0.39 is 48.2 Å². The number of aromatic nitrogens is 2. The van der Waals surface area contributed by atoms with Gasteiger partial charge in [-0.2, -0.15) is 0 Å². The summed E-state index contributed by atoms with van der Waals surface area (Å²) in [7, 11) is 0. The third-order valence-corrected chi connectivity index (χ3v) is 4.42. The summed E-state index contributed by atoms with van der Waals surface area (Å²) in [5.41, 5.74) is 10.9. The summed E-state index contributed by atoms with van der Waals surface area (Å²) in [5.74, 6) is -2.10. The van der Waals surface area contributed by atoms with E-state index in [1.54, 1.807) is 0 Å². The van der Waals surface area contributed by atoms with E-state index in [1.807, 2.05) is 0 Å². The molecule has 2 heterocycles. The lowest BCUT2D eigenvalue weighted by Gasteiger charge is -2.25. The molecule has 0 bridgehead atoms. The van der Waals surface area contributed by atoms with Crippen molar-refractivity contribution in [1.82, 2.24) is 20.4 Å². The van der Waals surface area contributed by atoms with Gasteiger partial charge >= 0.3 is 12.0 Å².